The number of ether oxygens (including phenoxy) is 2. The lowest BCUT2D eigenvalue weighted by molar-refractivity contribution is 0.174. The minimum absolute atomic E-state index is 0.226. The molecule has 0 unspecified atom stereocenters. The second-order valence-electron chi connectivity index (χ2n) is 5.12. The molecule has 0 aliphatic carbocycles. The highest BCUT2D eigenvalue weighted by Gasteiger charge is 2.19. The number of nitrogens with two attached hydrogens (primary N) is 1. The molecular weight excluding hydrogens is 302 g/mol. The van der Waals surface area contributed by atoms with Gasteiger partial charge in [-0.15, -0.1) is 5.10 Å². The van der Waals surface area contributed by atoms with Crippen molar-refractivity contribution < 1.29 is 9.47 Å². The maximum absolute atomic E-state index is 6.09. The zero-order valence-electron chi connectivity index (χ0n) is 11.8. The summed E-state index contributed by atoms with van der Waals surface area (Å²) in [6.45, 7) is 2.14. The predicted octanol–water partition coefficient (Wildman–Crippen LogP) is 3.57. The van der Waals surface area contributed by atoms with Crippen LogP contribution in [0.2, 0.25) is 5.02 Å². The maximum Gasteiger partial charge on any atom is 0.231 e. The predicted molar refractivity (Wildman–Crippen MR) is 85.3 cm³/mol. The zero-order chi connectivity index (χ0) is 15.3. The van der Waals surface area contributed by atoms with Crippen molar-refractivity contribution in [2.75, 3.05) is 12.5 Å². The van der Waals surface area contributed by atoms with Gasteiger partial charge in [-0.05, 0) is 37.3 Å². The number of rotatable bonds is 1. The molecule has 0 radical (unpaired) electrons. The van der Waals surface area contributed by atoms with Crippen LogP contribution in [0.1, 0.15) is 5.69 Å². The molecule has 2 N–H and O–H groups in total. The molecule has 4 rings (SSSR count). The number of nitrogens with zero attached hydrogens (tertiary/aromatic N) is 2. The van der Waals surface area contributed by atoms with Crippen LogP contribution in [0, 0.1) is 6.92 Å². The van der Waals surface area contributed by atoms with Crippen LogP contribution in [0.3, 0.4) is 0 Å². The van der Waals surface area contributed by atoms with Gasteiger partial charge in [-0.25, -0.2) is 0 Å². The third-order valence-corrected chi connectivity index (χ3v) is 3.96. The molecule has 0 saturated carbocycles. The quantitative estimate of drug-likeness (QED) is 0.695. The van der Waals surface area contributed by atoms with Gasteiger partial charge in [0.15, 0.2) is 11.5 Å². The smallest absolute Gasteiger partial charge is 0.231 e. The van der Waals surface area contributed by atoms with Gasteiger partial charge in [-0.1, -0.05) is 11.6 Å². The van der Waals surface area contributed by atoms with E-state index in [0.717, 1.165) is 27.8 Å². The van der Waals surface area contributed by atoms with Crippen molar-refractivity contribution >= 4 is 28.1 Å². The molecule has 0 spiro atoms. The van der Waals surface area contributed by atoms with Gasteiger partial charge in [0.2, 0.25) is 6.79 Å². The Hall–Kier alpha value is -2.53. The van der Waals surface area contributed by atoms with Crippen molar-refractivity contribution in [3.05, 3.63) is 41.0 Å². The first-order chi connectivity index (χ1) is 10.6. The first-order valence-electron chi connectivity index (χ1n) is 6.75. The van der Waals surface area contributed by atoms with E-state index in [1.807, 2.05) is 25.1 Å². The van der Waals surface area contributed by atoms with Gasteiger partial charge < -0.3 is 15.2 Å². The first kappa shape index (κ1) is 13.2. The lowest BCUT2D eigenvalue weighted by Gasteiger charge is -2.10. The van der Waals surface area contributed by atoms with Crippen molar-refractivity contribution in [2.24, 2.45) is 0 Å². The van der Waals surface area contributed by atoms with E-state index in [-0.39, 0.29) is 6.79 Å². The second kappa shape index (κ2) is 4.74. The summed E-state index contributed by atoms with van der Waals surface area (Å²) in [5.74, 6) is 1.42. The first-order valence-corrected chi connectivity index (χ1v) is 7.13. The zero-order valence-corrected chi connectivity index (χ0v) is 12.5. The van der Waals surface area contributed by atoms with Crippen molar-refractivity contribution in [3.63, 3.8) is 0 Å². The van der Waals surface area contributed by atoms with Crippen LogP contribution in [-0.4, -0.2) is 17.0 Å². The third kappa shape index (κ3) is 1.94. The summed E-state index contributed by atoms with van der Waals surface area (Å²) in [6.07, 6.45) is 0. The number of nitrogen functional groups attached to an aromatic ring is 1. The fraction of sp³-hybridized carbons (Fsp3) is 0.125. The second-order valence-corrected chi connectivity index (χ2v) is 5.55. The summed E-state index contributed by atoms with van der Waals surface area (Å²) in [4.78, 5) is 0. The van der Waals surface area contributed by atoms with E-state index in [4.69, 9.17) is 26.8 Å². The van der Waals surface area contributed by atoms with E-state index in [2.05, 4.69) is 10.2 Å². The van der Waals surface area contributed by atoms with Crippen LogP contribution in [0.25, 0.3) is 22.0 Å². The van der Waals surface area contributed by atoms with E-state index in [1.165, 1.54) is 0 Å². The average molecular weight is 314 g/mol. The number of hydrogen-bond donors (Lipinski definition) is 1. The SMILES string of the molecule is Cc1nnc(-c2ccc(Cl)cc2N)c2cc3c(cc12)OCO3. The molecule has 5 nitrogen and oxygen atoms in total. The van der Waals surface area contributed by atoms with E-state index < -0.39 is 0 Å². The molecule has 0 amide bonds. The molecule has 2 heterocycles. The monoisotopic (exact) mass is 313 g/mol. The summed E-state index contributed by atoms with van der Waals surface area (Å²) in [7, 11) is 0. The summed E-state index contributed by atoms with van der Waals surface area (Å²) < 4.78 is 10.9. The minimum atomic E-state index is 0.226. The molecule has 0 atom stereocenters. The van der Waals surface area contributed by atoms with Crippen LogP contribution in [0.5, 0.6) is 11.5 Å². The molecule has 3 aromatic rings. The largest absolute Gasteiger partial charge is 0.454 e. The number of aromatic nitrogens is 2. The Bertz CT molecular complexity index is 912. The van der Waals surface area contributed by atoms with Crippen LogP contribution < -0.4 is 15.2 Å². The number of halogens is 1. The van der Waals surface area contributed by atoms with E-state index >= 15 is 0 Å². The number of aryl methyl sites for hydroxylation is 1. The Morgan fingerprint density at radius 2 is 1.77 bits per heavy atom. The standard InChI is InChI=1S/C16H12ClN3O2/c1-8-11-5-14-15(22-7-21-14)6-12(11)16(20-19-8)10-3-2-9(17)4-13(10)18/h2-6H,7,18H2,1H3. The fourth-order valence-corrected chi connectivity index (χ4v) is 2.80. The third-order valence-electron chi connectivity index (χ3n) is 3.73. The summed E-state index contributed by atoms with van der Waals surface area (Å²) in [5.41, 5.74) is 8.96. The lowest BCUT2D eigenvalue weighted by Crippen LogP contribution is -1.97. The highest BCUT2D eigenvalue weighted by atomic mass is 35.5. The molecule has 2 aromatic carbocycles. The van der Waals surface area contributed by atoms with E-state index in [1.54, 1.807) is 12.1 Å². The van der Waals surface area contributed by atoms with Gasteiger partial charge in [0.05, 0.1) is 5.69 Å². The number of hydrogen-bond acceptors (Lipinski definition) is 5. The van der Waals surface area contributed by atoms with Crippen LogP contribution in [0.15, 0.2) is 30.3 Å². The summed E-state index contributed by atoms with van der Waals surface area (Å²) in [6, 6.07) is 9.19. The number of benzene rings is 2. The van der Waals surface area contributed by atoms with E-state index in [0.29, 0.717) is 22.2 Å². The molecule has 6 heteroatoms. The van der Waals surface area contributed by atoms with Crippen molar-refractivity contribution in [3.8, 4) is 22.8 Å². The Labute approximate surface area is 131 Å². The Morgan fingerprint density at radius 3 is 2.50 bits per heavy atom. The maximum atomic E-state index is 6.09. The summed E-state index contributed by atoms with van der Waals surface area (Å²) in [5, 5.41) is 11.0. The Balaban J connectivity index is 2.04. The van der Waals surface area contributed by atoms with E-state index in [9.17, 15) is 0 Å². The molecule has 22 heavy (non-hydrogen) atoms. The van der Waals surface area contributed by atoms with Crippen molar-refractivity contribution in [1.82, 2.24) is 10.2 Å². The van der Waals surface area contributed by atoms with Crippen LogP contribution in [-0.2, 0) is 0 Å². The highest BCUT2D eigenvalue weighted by Crippen LogP contribution is 2.40. The van der Waals surface area contributed by atoms with Crippen LogP contribution >= 0.6 is 11.6 Å². The van der Waals surface area contributed by atoms with Gasteiger partial charge in [0, 0.05) is 27.0 Å². The van der Waals surface area contributed by atoms with Crippen molar-refractivity contribution in [1.29, 1.82) is 0 Å². The Kier molecular flexibility index (Phi) is 2.84. The summed E-state index contributed by atoms with van der Waals surface area (Å²) >= 11 is 5.97. The number of anilines is 1. The average Bonchev–Trinajstić information content (AvgIpc) is 2.94. The minimum Gasteiger partial charge on any atom is -0.454 e. The lowest BCUT2D eigenvalue weighted by atomic mass is 10.0. The highest BCUT2D eigenvalue weighted by molar-refractivity contribution is 6.31. The molecule has 1 aliphatic rings. The van der Waals surface area contributed by atoms with Gasteiger partial charge in [-0.2, -0.15) is 5.10 Å². The molecule has 1 aromatic heterocycles. The molecule has 1 aliphatic heterocycles. The van der Waals surface area contributed by atoms with Gasteiger partial charge in [0.25, 0.3) is 0 Å². The fourth-order valence-electron chi connectivity index (χ4n) is 2.62. The topological polar surface area (TPSA) is 70.3 Å². The molecule has 0 fully saturated rings. The molecular formula is C16H12ClN3O2. The normalized spacial score (nSPS) is 12.8. The Morgan fingerprint density at radius 1 is 1.05 bits per heavy atom. The van der Waals surface area contributed by atoms with Gasteiger partial charge in [0.1, 0.15) is 5.69 Å². The number of fused-ring (bicyclic) bond motifs is 2. The van der Waals surface area contributed by atoms with Gasteiger partial charge >= 0.3 is 0 Å². The van der Waals surface area contributed by atoms with Crippen LogP contribution in [0.4, 0.5) is 5.69 Å². The molecule has 0 saturated heterocycles. The van der Waals surface area contributed by atoms with Crippen molar-refractivity contribution in [2.45, 2.75) is 6.92 Å². The molecule has 0 bridgehead atoms. The molecule has 110 valence electrons. The van der Waals surface area contributed by atoms with Gasteiger partial charge in [-0.3, -0.25) is 0 Å².